The van der Waals surface area contributed by atoms with Gasteiger partial charge in [-0.2, -0.15) is 5.10 Å². The molecule has 4 saturated carbocycles. The van der Waals surface area contributed by atoms with Crippen LogP contribution < -0.4 is 5.84 Å². The van der Waals surface area contributed by atoms with Crippen LogP contribution in [0.4, 0.5) is 0 Å². The standard InChI is InChI=1S/C19H30N2O/c1-18-10-9-16-14(15(18)7-8-17(18)21-20)6-4-12-3-5-13(22)11-19(12,16)2/h12,14-16H,3-11,20H2,1-2H3/t12?,14-,15-,16+,18-,19-/m0/s1. The van der Waals surface area contributed by atoms with Crippen molar-refractivity contribution in [3.8, 4) is 0 Å². The Balaban J connectivity index is 1.67. The van der Waals surface area contributed by atoms with E-state index in [1.54, 1.807) is 0 Å². The van der Waals surface area contributed by atoms with Gasteiger partial charge in [0.1, 0.15) is 5.78 Å². The Labute approximate surface area is 134 Å². The Morgan fingerprint density at radius 3 is 2.64 bits per heavy atom. The molecule has 2 N–H and O–H groups in total. The van der Waals surface area contributed by atoms with E-state index in [1.807, 2.05) is 0 Å². The zero-order valence-electron chi connectivity index (χ0n) is 14.1. The summed E-state index contributed by atoms with van der Waals surface area (Å²) in [7, 11) is 0. The van der Waals surface area contributed by atoms with Crippen molar-refractivity contribution in [2.45, 2.75) is 71.6 Å². The third-order valence-electron chi connectivity index (χ3n) is 8.31. The summed E-state index contributed by atoms with van der Waals surface area (Å²) >= 11 is 0. The first kappa shape index (κ1) is 14.7. The fraction of sp³-hybridized carbons (Fsp3) is 0.895. The van der Waals surface area contributed by atoms with Gasteiger partial charge in [-0.3, -0.25) is 4.79 Å². The molecule has 0 aromatic rings. The smallest absolute Gasteiger partial charge is 0.133 e. The van der Waals surface area contributed by atoms with E-state index in [9.17, 15) is 4.79 Å². The summed E-state index contributed by atoms with van der Waals surface area (Å²) in [6.07, 6.45) is 10.4. The average Bonchev–Trinajstić information content (AvgIpc) is 2.82. The van der Waals surface area contributed by atoms with Crippen LogP contribution in [-0.4, -0.2) is 11.5 Å². The number of Topliss-reactive ketones (excluding diaryl/α,β-unsaturated/α-hetero) is 1. The Morgan fingerprint density at radius 1 is 1.05 bits per heavy atom. The van der Waals surface area contributed by atoms with Crippen molar-refractivity contribution in [3.63, 3.8) is 0 Å². The van der Waals surface area contributed by atoms with Crippen LogP contribution in [-0.2, 0) is 4.79 Å². The van der Waals surface area contributed by atoms with Gasteiger partial charge in [0.05, 0.1) is 0 Å². The van der Waals surface area contributed by atoms with Gasteiger partial charge in [-0.15, -0.1) is 0 Å². The van der Waals surface area contributed by atoms with Crippen LogP contribution in [0.1, 0.15) is 71.6 Å². The second kappa shape index (κ2) is 4.82. The number of hydrazone groups is 1. The van der Waals surface area contributed by atoms with Gasteiger partial charge < -0.3 is 5.84 Å². The summed E-state index contributed by atoms with van der Waals surface area (Å²) in [6, 6.07) is 0. The fourth-order valence-electron chi connectivity index (χ4n) is 7.13. The molecule has 0 radical (unpaired) electrons. The van der Waals surface area contributed by atoms with Gasteiger partial charge in [0.2, 0.25) is 0 Å². The third-order valence-corrected chi connectivity index (χ3v) is 8.31. The van der Waals surface area contributed by atoms with Gasteiger partial charge in [0, 0.05) is 24.0 Å². The van der Waals surface area contributed by atoms with Crippen LogP contribution in [0.25, 0.3) is 0 Å². The number of nitrogens with two attached hydrogens (primary N) is 1. The monoisotopic (exact) mass is 302 g/mol. The van der Waals surface area contributed by atoms with Crippen LogP contribution in [0.5, 0.6) is 0 Å². The van der Waals surface area contributed by atoms with Crippen molar-refractivity contribution in [2.75, 3.05) is 0 Å². The highest BCUT2D eigenvalue weighted by Crippen LogP contribution is 2.65. The molecule has 0 bridgehead atoms. The Hall–Kier alpha value is -0.860. The number of carbonyl (C=O) groups excluding carboxylic acids is 1. The normalized spacial score (nSPS) is 53.0. The third kappa shape index (κ3) is 1.80. The maximum absolute atomic E-state index is 12.2. The van der Waals surface area contributed by atoms with Crippen molar-refractivity contribution < 1.29 is 4.79 Å². The molecular formula is C19H30N2O. The first-order chi connectivity index (χ1) is 10.5. The molecule has 0 amide bonds. The Kier molecular flexibility index (Phi) is 3.22. The number of carbonyl (C=O) groups is 1. The SMILES string of the molecule is C[C@]12CC(=O)CCC1CC[C@@H]1[C@H]2CC[C@]2(C)C(=NN)CC[C@@H]12. The van der Waals surface area contributed by atoms with E-state index >= 15 is 0 Å². The molecule has 0 aromatic heterocycles. The molecular weight excluding hydrogens is 272 g/mol. The quantitative estimate of drug-likeness (QED) is 0.545. The Morgan fingerprint density at radius 2 is 1.86 bits per heavy atom. The first-order valence-electron chi connectivity index (χ1n) is 9.28. The largest absolute Gasteiger partial charge is 0.323 e. The molecule has 0 aliphatic heterocycles. The zero-order chi connectivity index (χ0) is 15.5. The molecule has 0 spiro atoms. The number of hydrogen-bond donors (Lipinski definition) is 1. The molecule has 4 fully saturated rings. The Bertz CT molecular complexity index is 528. The van der Waals surface area contributed by atoms with E-state index in [-0.39, 0.29) is 10.8 Å². The average molecular weight is 302 g/mol. The number of nitrogens with zero attached hydrogens (tertiary/aromatic N) is 1. The predicted molar refractivity (Wildman–Crippen MR) is 88.4 cm³/mol. The van der Waals surface area contributed by atoms with E-state index in [4.69, 9.17) is 5.84 Å². The molecule has 4 aliphatic carbocycles. The van der Waals surface area contributed by atoms with Gasteiger partial charge >= 0.3 is 0 Å². The molecule has 4 rings (SSSR count). The zero-order valence-corrected chi connectivity index (χ0v) is 14.1. The highest BCUT2D eigenvalue weighted by molar-refractivity contribution is 5.92. The molecule has 4 aliphatic rings. The van der Waals surface area contributed by atoms with Crippen LogP contribution in [0.2, 0.25) is 0 Å². The van der Waals surface area contributed by atoms with E-state index < -0.39 is 0 Å². The predicted octanol–water partition coefficient (Wildman–Crippen LogP) is 3.91. The lowest BCUT2D eigenvalue weighted by Gasteiger charge is -2.59. The summed E-state index contributed by atoms with van der Waals surface area (Å²) in [5.41, 5.74) is 1.79. The first-order valence-corrected chi connectivity index (χ1v) is 9.28. The van der Waals surface area contributed by atoms with Crippen LogP contribution in [0.3, 0.4) is 0 Å². The van der Waals surface area contributed by atoms with Gasteiger partial charge in [0.25, 0.3) is 0 Å². The van der Waals surface area contributed by atoms with Crippen LogP contribution >= 0.6 is 0 Å². The lowest BCUT2D eigenvalue weighted by atomic mass is 9.45. The molecule has 3 heteroatoms. The summed E-state index contributed by atoms with van der Waals surface area (Å²) in [5, 5.41) is 4.15. The summed E-state index contributed by atoms with van der Waals surface area (Å²) in [4.78, 5) is 12.2. The lowest BCUT2D eigenvalue weighted by molar-refractivity contribution is -0.138. The molecule has 3 nitrogen and oxygen atoms in total. The minimum atomic E-state index is 0.248. The number of fused-ring (bicyclic) bond motifs is 5. The van der Waals surface area contributed by atoms with E-state index in [1.165, 1.54) is 37.8 Å². The van der Waals surface area contributed by atoms with Gasteiger partial charge in [-0.1, -0.05) is 13.8 Å². The van der Waals surface area contributed by atoms with E-state index in [0.717, 1.165) is 49.4 Å². The highest BCUT2D eigenvalue weighted by atomic mass is 16.1. The van der Waals surface area contributed by atoms with E-state index in [2.05, 4.69) is 18.9 Å². The maximum Gasteiger partial charge on any atom is 0.133 e. The number of rotatable bonds is 0. The molecule has 122 valence electrons. The molecule has 0 heterocycles. The minimum absolute atomic E-state index is 0.248. The molecule has 1 unspecified atom stereocenters. The van der Waals surface area contributed by atoms with Gasteiger partial charge in [-0.25, -0.2) is 0 Å². The van der Waals surface area contributed by atoms with Crippen LogP contribution in [0, 0.1) is 34.5 Å². The van der Waals surface area contributed by atoms with Crippen molar-refractivity contribution in [3.05, 3.63) is 0 Å². The molecule has 22 heavy (non-hydrogen) atoms. The number of hydrogen-bond acceptors (Lipinski definition) is 3. The summed E-state index contributed by atoms with van der Waals surface area (Å²) < 4.78 is 0. The maximum atomic E-state index is 12.2. The van der Waals surface area contributed by atoms with Gasteiger partial charge in [-0.05, 0) is 74.0 Å². The lowest BCUT2D eigenvalue weighted by Crippen LogP contribution is -2.53. The number of ketones is 1. The molecule has 6 atom stereocenters. The summed E-state index contributed by atoms with van der Waals surface area (Å²) in [5.74, 6) is 9.30. The van der Waals surface area contributed by atoms with Gasteiger partial charge in [0.15, 0.2) is 0 Å². The highest BCUT2D eigenvalue weighted by Gasteiger charge is 2.59. The topological polar surface area (TPSA) is 55.5 Å². The van der Waals surface area contributed by atoms with Crippen molar-refractivity contribution in [1.29, 1.82) is 0 Å². The van der Waals surface area contributed by atoms with E-state index in [0.29, 0.717) is 5.78 Å². The van der Waals surface area contributed by atoms with Crippen LogP contribution in [0.15, 0.2) is 5.10 Å². The van der Waals surface area contributed by atoms with Crippen molar-refractivity contribution in [1.82, 2.24) is 0 Å². The summed E-state index contributed by atoms with van der Waals surface area (Å²) in [6.45, 7) is 4.86. The molecule has 0 saturated heterocycles. The van der Waals surface area contributed by atoms with Crippen molar-refractivity contribution in [2.24, 2.45) is 45.4 Å². The second-order valence-electron chi connectivity index (χ2n) is 8.98. The molecule has 0 aromatic carbocycles. The fourth-order valence-corrected chi connectivity index (χ4v) is 7.13. The second-order valence-corrected chi connectivity index (χ2v) is 8.98. The minimum Gasteiger partial charge on any atom is -0.323 e. The van der Waals surface area contributed by atoms with Crippen molar-refractivity contribution >= 4 is 11.5 Å².